The maximum atomic E-state index is 12.2. The van der Waals surface area contributed by atoms with E-state index in [4.69, 9.17) is 4.74 Å². The van der Waals surface area contributed by atoms with Crippen LogP contribution < -0.4 is 10.1 Å². The third-order valence-electron chi connectivity index (χ3n) is 4.67. The van der Waals surface area contributed by atoms with Crippen LogP contribution >= 0.6 is 0 Å². The van der Waals surface area contributed by atoms with Crippen LogP contribution in [-0.2, 0) is 20.9 Å². The van der Waals surface area contributed by atoms with E-state index in [1.165, 1.54) is 12.0 Å². The van der Waals surface area contributed by atoms with Crippen LogP contribution in [0.2, 0.25) is 0 Å². The van der Waals surface area contributed by atoms with Gasteiger partial charge in [0, 0.05) is 26.1 Å². The number of urea groups is 1. The van der Waals surface area contributed by atoms with Gasteiger partial charge in [-0.15, -0.1) is 0 Å². The fraction of sp³-hybridized carbons (Fsp3) is 0.526. The fourth-order valence-corrected chi connectivity index (χ4v) is 2.81. The number of amides is 2. The van der Waals surface area contributed by atoms with Gasteiger partial charge in [0.05, 0.1) is 19.1 Å². The number of nitrogens with one attached hydrogen (secondary N) is 1. The molecule has 0 radical (unpaired) electrons. The highest BCUT2D eigenvalue weighted by atomic mass is 16.5. The van der Waals surface area contributed by atoms with Crippen LogP contribution in [0.1, 0.15) is 31.7 Å². The number of hydrogen-bond acceptors (Lipinski definition) is 5. The summed E-state index contributed by atoms with van der Waals surface area (Å²) in [6, 6.07) is 7.04. The van der Waals surface area contributed by atoms with Gasteiger partial charge >= 0.3 is 18.0 Å². The molecule has 0 aliphatic carbocycles. The van der Waals surface area contributed by atoms with Crippen molar-refractivity contribution in [2.24, 2.45) is 5.41 Å². The number of methoxy groups -OCH3 is 1. The summed E-state index contributed by atoms with van der Waals surface area (Å²) in [7, 11) is 1.36. The maximum Gasteiger partial charge on any atom is 0.317 e. The van der Waals surface area contributed by atoms with Gasteiger partial charge in [0.1, 0.15) is 5.75 Å². The number of nitrogens with zero attached hydrogens (tertiary/aromatic N) is 1. The summed E-state index contributed by atoms with van der Waals surface area (Å²) in [5, 5.41) is 12.0. The van der Waals surface area contributed by atoms with Crippen molar-refractivity contribution in [1.29, 1.82) is 0 Å². The number of carboxylic acid groups (broad SMARTS) is 1. The first-order chi connectivity index (χ1) is 12.8. The van der Waals surface area contributed by atoms with E-state index >= 15 is 0 Å². The number of carbonyl (C=O) groups is 3. The van der Waals surface area contributed by atoms with Crippen molar-refractivity contribution in [2.45, 2.75) is 32.7 Å². The lowest BCUT2D eigenvalue weighted by Crippen LogP contribution is -2.40. The van der Waals surface area contributed by atoms with Crippen LogP contribution in [0.15, 0.2) is 24.3 Å². The minimum atomic E-state index is -0.875. The van der Waals surface area contributed by atoms with E-state index in [-0.39, 0.29) is 18.5 Å². The molecule has 0 spiro atoms. The highest BCUT2D eigenvalue weighted by Gasteiger charge is 2.42. The van der Waals surface area contributed by atoms with E-state index in [9.17, 15) is 19.5 Å². The van der Waals surface area contributed by atoms with Crippen LogP contribution in [0.3, 0.4) is 0 Å². The number of esters is 1. The average molecular weight is 378 g/mol. The molecular weight excluding hydrogens is 352 g/mol. The summed E-state index contributed by atoms with van der Waals surface area (Å²) in [6.45, 7) is 3.08. The van der Waals surface area contributed by atoms with Gasteiger partial charge in [0.15, 0.2) is 0 Å². The molecule has 0 bridgehead atoms. The van der Waals surface area contributed by atoms with E-state index in [1.807, 2.05) is 12.1 Å². The standard InChI is InChI=1S/C19H26N2O6/c1-19(17(23)24)9-10-21(13-19)18(25)20-12-14-5-7-15(8-6-14)27-11-3-4-16(22)26-2/h5-8H,3-4,9-13H2,1-2H3,(H,20,25)(H,23,24). The zero-order valence-corrected chi connectivity index (χ0v) is 15.7. The highest BCUT2D eigenvalue weighted by Crippen LogP contribution is 2.30. The van der Waals surface area contributed by atoms with Crippen molar-refractivity contribution in [1.82, 2.24) is 10.2 Å². The predicted molar refractivity (Wildman–Crippen MR) is 97.4 cm³/mol. The van der Waals surface area contributed by atoms with Gasteiger partial charge in [0.25, 0.3) is 0 Å². The van der Waals surface area contributed by atoms with E-state index in [2.05, 4.69) is 10.1 Å². The van der Waals surface area contributed by atoms with E-state index < -0.39 is 11.4 Å². The number of aliphatic carboxylic acids is 1. The molecule has 1 aromatic rings. The molecule has 2 rings (SSSR count). The molecule has 8 heteroatoms. The van der Waals surface area contributed by atoms with Crippen molar-refractivity contribution < 1.29 is 29.0 Å². The Morgan fingerprint density at radius 1 is 1.26 bits per heavy atom. The molecule has 8 nitrogen and oxygen atoms in total. The highest BCUT2D eigenvalue weighted by molar-refractivity contribution is 5.79. The van der Waals surface area contributed by atoms with Gasteiger partial charge in [-0.25, -0.2) is 4.79 Å². The number of ether oxygens (including phenoxy) is 2. The Hall–Kier alpha value is -2.77. The van der Waals surface area contributed by atoms with Crippen LogP contribution in [0, 0.1) is 5.41 Å². The molecule has 27 heavy (non-hydrogen) atoms. The second-order valence-electron chi connectivity index (χ2n) is 6.87. The SMILES string of the molecule is COC(=O)CCCOc1ccc(CNC(=O)N2CCC(C)(C(=O)O)C2)cc1. The first kappa shape index (κ1) is 20.5. The molecule has 0 aromatic heterocycles. The molecule has 1 aliphatic rings. The lowest BCUT2D eigenvalue weighted by Gasteiger charge is -2.20. The molecule has 148 valence electrons. The Balaban J connectivity index is 1.73. The molecular formula is C19H26N2O6. The Morgan fingerprint density at radius 2 is 1.96 bits per heavy atom. The van der Waals surface area contributed by atoms with Crippen LogP contribution in [0.25, 0.3) is 0 Å². The summed E-state index contributed by atoms with van der Waals surface area (Å²) >= 11 is 0. The summed E-state index contributed by atoms with van der Waals surface area (Å²) < 4.78 is 10.1. The number of hydrogen-bond donors (Lipinski definition) is 2. The molecule has 2 N–H and O–H groups in total. The summed E-state index contributed by atoms with van der Waals surface area (Å²) in [4.78, 5) is 36.0. The molecule has 1 aromatic carbocycles. The van der Waals surface area contributed by atoms with Gasteiger partial charge in [-0.3, -0.25) is 9.59 Å². The van der Waals surface area contributed by atoms with Gasteiger partial charge in [0.2, 0.25) is 0 Å². The zero-order valence-electron chi connectivity index (χ0n) is 15.7. The van der Waals surface area contributed by atoms with Crippen LogP contribution in [-0.4, -0.2) is 54.8 Å². The summed E-state index contributed by atoms with van der Waals surface area (Å²) in [6.07, 6.45) is 1.35. The third kappa shape index (κ3) is 5.87. The Kier molecular flexibility index (Phi) is 7.04. The maximum absolute atomic E-state index is 12.2. The topological polar surface area (TPSA) is 105 Å². The third-order valence-corrected chi connectivity index (χ3v) is 4.67. The smallest absolute Gasteiger partial charge is 0.317 e. The molecule has 1 unspecified atom stereocenters. The Labute approximate surface area is 158 Å². The first-order valence-corrected chi connectivity index (χ1v) is 8.89. The normalized spacial score (nSPS) is 18.8. The van der Waals surface area contributed by atoms with Gasteiger partial charge in [-0.1, -0.05) is 12.1 Å². The lowest BCUT2D eigenvalue weighted by molar-refractivity contribution is -0.147. The molecule has 2 amide bonds. The number of carbonyl (C=O) groups excluding carboxylic acids is 2. The van der Waals surface area contributed by atoms with Crippen molar-refractivity contribution >= 4 is 18.0 Å². The first-order valence-electron chi connectivity index (χ1n) is 8.89. The van der Waals surface area contributed by atoms with Crippen molar-refractivity contribution in [3.8, 4) is 5.75 Å². The molecule has 1 saturated heterocycles. The number of benzene rings is 1. The molecule has 1 atom stereocenters. The van der Waals surface area contributed by atoms with Gasteiger partial charge in [-0.2, -0.15) is 0 Å². The van der Waals surface area contributed by atoms with Gasteiger partial charge < -0.3 is 24.8 Å². The Bertz CT molecular complexity index is 675. The van der Waals surface area contributed by atoms with Crippen molar-refractivity contribution in [3.63, 3.8) is 0 Å². The van der Waals surface area contributed by atoms with Gasteiger partial charge in [-0.05, 0) is 37.5 Å². The van der Waals surface area contributed by atoms with Crippen LogP contribution in [0.4, 0.5) is 4.79 Å². The number of rotatable bonds is 8. The lowest BCUT2D eigenvalue weighted by atomic mass is 9.90. The van der Waals surface area contributed by atoms with Crippen molar-refractivity contribution in [2.75, 3.05) is 26.8 Å². The van der Waals surface area contributed by atoms with E-state index in [0.29, 0.717) is 44.7 Å². The Morgan fingerprint density at radius 3 is 2.56 bits per heavy atom. The summed E-state index contributed by atoms with van der Waals surface area (Å²) in [5.41, 5.74) is 0.0370. The molecule has 1 heterocycles. The second-order valence-corrected chi connectivity index (χ2v) is 6.87. The predicted octanol–water partition coefficient (Wildman–Crippen LogP) is 2.02. The van der Waals surface area contributed by atoms with E-state index in [0.717, 1.165) is 5.56 Å². The quantitative estimate of drug-likeness (QED) is 0.530. The number of carboxylic acids is 1. The largest absolute Gasteiger partial charge is 0.494 e. The second kappa shape index (κ2) is 9.25. The summed E-state index contributed by atoms with van der Waals surface area (Å²) in [5.74, 6) is -0.446. The number of likely N-dealkylation sites (tertiary alicyclic amines) is 1. The molecule has 1 fully saturated rings. The minimum Gasteiger partial charge on any atom is -0.494 e. The molecule has 1 aliphatic heterocycles. The van der Waals surface area contributed by atoms with E-state index in [1.54, 1.807) is 19.1 Å². The van der Waals surface area contributed by atoms with Crippen molar-refractivity contribution in [3.05, 3.63) is 29.8 Å². The average Bonchev–Trinajstić information content (AvgIpc) is 3.08. The zero-order chi connectivity index (χ0) is 19.9. The molecule has 0 saturated carbocycles. The monoisotopic (exact) mass is 378 g/mol. The fourth-order valence-electron chi connectivity index (χ4n) is 2.81. The van der Waals surface area contributed by atoms with Crippen LogP contribution in [0.5, 0.6) is 5.75 Å². The minimum absolute atomic E-state index is 0.215.